The van der Waals surface area contributed by atoms with E-state index in [1.807, 2.05) is 55.5 Å². The molecule has 0 aromatic heterocycles. The molecule has 2 N–H and O–H groups in total. The SMILES string of the molecule is Cc1cccc(Oc2ccccc2NC(=O)CC2CCCN2)c1.Cl. The van der Waals surface area contributed by atoms with E-state index < -0.39 is 0 Å². The largest absolute Gasteiger partial charge is 0.455 e. The molecule has 1 amide bonds. The molecule has 1 fully saturated rings. The van der Waals surface area contributed by atoms with E-state index in [1.165, 1.54) is 0 Å². The highest BCUT2D eigenvalue weighted by Gasteiger charge is 2.18. The quantitative estimate of drug-likeness (QED) is 0.849. The van der Waals surface area contributed by atoms with Crippen LogP contribution in [-0.4, -0.2) is 18.5 Å². The molecule has 1 saturated heterocycles. The van der Waals surface area contributed by atoms with Gasteiger partial charge in [-0.15, -0.1) is 12.4 Å². The maximum absolute atomic E-state index is 12.2. The summed E-state index contributed by atoms with van der Waals surface area (Å²) in [4.78, 5) is 12.2. The molecule has 2 aromatic rings. The van der Waals surface area contributed by atoms with Crippen molar-refractivity contribution in [1.82, 2.24) is 5.32 Å². The van der Waals surface area contributed by atoms with Crippen LogP contribution in [0.4, 0.5) is 5.69 Å². The van der Waals surface area contributed by atoms with E-state index in [1.54, 1.807) is 0 Å². The van der Waals surface area contributed by atoms with Gasteiger partial charge in [-0.2, -0.15) is 0 Å². The fraction of sp³-hybridized carbons (Fsp3) is 0.316. The predicted octanol–water partition coefficient (Wildman–Crippen LogP) is 4.29. The zero-order valence-corrected chi connectivity index (χ0v) is 14.6. The number of anilines is 1. The molecule has 1 atom stereocenters. The Labute approximate surface area is 149 Å². The van der Waals surface area contributed by atoms with E-state index >= 15 is 0 Å². The van der Waals surface area contributed by atoms with Gasteiger partial charge in [0.05, 0.1) is 5.69 Å². The number of nitrogens with one attached hydrogen (secondary N) is 2. The lowest BCUT2D eigenvalue weighted by Crippen LogP contribution is -2.27. The summed E-state index contributed by atoms with van der Waals surface area (Å²) in [6.45, 7) is 3.03. The predicted molar refractivity (Wildman–Crippen MR) is 99.2 cm³/mol. The van der Waals surface area contributed by atoms with Gasteiger partial charge >= 0.3 is 0 Å². The number of hydrogen-bond donors (Lipinski definition) is 2. The standard InChI is InChI=1S/C19H22N2O2.ClH/c1-14-6-4-8-16(12-14)23-18-10-3-2-9-17(18)21-19(22)13-15-7-5-11-20-15;/h2-4,6,8-10,12,15,20H,5,7,11,13H2,1H3,(H,21,22);1H. The molecule has 1 unspecified atom stereocenters. The first kappa shape index (κ1) is 18.3. The van der Waals surface area contributed by atoms with Crippen molar-refractivity contribution >= 4 is 24.0 Å². The molecule has 0 bridgehead atoms. The number of para-hydroxylation sites is 2. The lowest BCUT2D eigenvalue weighted by atomic mass is 10.1. The van der Waals surface area contributed by atoms with Gasteiger partial charge in [-0.3, -0.25) is 4.79 Å². The molecule has 1 aliphatic heterocycles. The lowest BCUT2D eigenvalue weighted by molar-refractivity contribution is -0.116. The van der Waals surface area contributed by atoms with Gasteiger partial charge in [-0.25, -0.2) is 0 Å². The highest BCUT2D eigenvalue weighted by atomic mass is 35.5. The van der Waals surface area contributed by atoms with Gasteiger partial charge in [-0.05, 0) is 56.1 Å². The van der Waals surface area contributed by atoms with Crippen molar-refractivity contribution in [2.75, 3.05) is 11.9 Å². The molecule has 2 aromatic carbocycles. The van der Waals surface area contributed by atoms with E-state index in [9.17, 15) is 4.79 Å². The third-order valence-corrected chi connectivity index (χ3v) is 3.97. The summed E-state index contributed by atoms with van der Waals surface area (Å²) >= 11 is 0. The van der Waals surface area contributed by atoms with Crippen LogP contribution in [0.2, 0.25) is 0 Å². The second-order valence-corrected chi connectivity index (χ2v) is 5.96. The minimum Gasteiger partial charge on any atom is -0.455 e. The Bertz CT molecular complexity index is 685. The minimum atomic E-state index is 0. The average Bonchev–Trinajstić information content (AvgIpc) is 3.02. The molecular formula is C19H23ClN2O2. The lowest BCUT2D eigenvalue weighted by Gasteiger charge is -2.14. The van der Waals surface area contributed by atoms with E-state index in [0.29, 0.717) is 23.9 Å². The smallest absolute Gasteiger partial charge is 0.226 e. The summed E-state index contributed by atoms with van der Waals surface area (Å²) in [6.07, 6.45) is 2.71. The molecule has 1 aliphatic rings. The fourth-order valence-corrected chi connectivity index (χ4v) is 2.82. The Morgan fingerprint density at radius 1 is 1.25 bits per heavy atom. The number of ether oxygens (including phenoxy) is 1. The monoisotopic (exact) mass is 346 g/mol. The number of rotatable bonds is 5. The number of benzene rings is 2. The van der Waals surface area contributed by atoms with E-state index in [2.05, 4.69) is 10.6 Å². The van der Waals surface area contributed by atoms with E-state index in [0.717, 1.165) is 30.7 Å². The van der Waals surface area contributed by atoms with Gasteiger partial charge < -0.3 is 15.4 Å². The molecular weight excluding hydrogens is 324 g/mol. The van der Waals surface area contributed by atoms with Crippen LogP contribution in [-0.2, 0) is 4.79 Å². The van der Waals surface area contributed by atoms with Gasteiger partial charge in [0.15, 0.2) is 5.75 Å². The number of aryl methyl sites for hydroxylation is 1. The molecule has 128 valence electrons. The number of amides is 1. The number of carbonyl (C=O) groups is 1. The van der Waals surface area contributed by atoms with Crippen molar-refractivity contribution in [2.45, 2.75) is 32.2 Å². The van der Waals surface area contributed by atoms with Crippen molar-refractivity contribution in [2.24, 2.45) is 0 Å². The Morgan fingerprint density at radius 2 is 2.08 bits per heavy atom. The Balaban J connectivity index is 0.00000208. The highest BCUT2D eigenvalue weighted by Crippen LogP contribution is 2.29. The van der Waals surface area contributed by atoms with Crippen molar-refractivity contribution in [3.63, 3.8) is 0 Å². The Morgan fingerprint density at radius 3 is 2.83 bits per heavy atom. The van der Waals surface area contributed by atoms with Crippen molar-refractivity contribution in [3.8, 4) is 11.5 Å². The van der Waals surface area contributed by atoms with Gasteiger partial charge in [-0.1, -0.05) is 24.3 Å². The second-order valence-electron chi connectivity index (χ2n) is 5.96. The van der Waals surface area contributed by atoms with Crippen molar-refractivity contribution in [1.29, 1.82) is 0 Å². The van der Waals surface area contributed by atoms with E-state index in [4.69, 9.17) is 4.74 Å². The molecule has 0 saturated carbocycles. The third kappa shape index (κ3) is 4.98. The van der Waals surface area contributed by atoms with Gasteiger partial charge in [0.25, 0.3) is 0 Å². The molecule has 4 nitrogen and oxygen atoms in total. The van der Waals surface area contributed by atoms with Gasteiger partial charge in [0, 0.05) is 12.5 Å². The van der Waals surface area contributed by atoms with Crippen molar-refractivity contribution < 1.29 is 9.53 Å². The van der Waals surface area contributed by atoms with E-state index in [-0.39, 0.29) is 18.3 Å². The summed E-state index contributed by atoms with van der Waals surface area (Å²) in [7, 11) is 0. The molecule has 0 radical (unpaired) electrons. The van der Waals surface area contributed by atoms with Gasteiger partial charge in [0.2, 0.25) is 5.91 Å². The number of hydrogen-bond acceptors (Lipinski definition) is 3. The summed E-state index contributed by atoms with van der Waals surface area (Å²) in [5.74, 6) is 1.44. The molecule has 1 heterocycles. The summed E-state index contributed by atoms with van der Waals surface area (Å²) < 4.78 is 5.93. The minimum absolute atomic E-state index is 0. The zero-order valence-electron chi connectivity index (χ0n) is 13.7. The molecule has 24 heavy (non-hydrogen) atoms. The topological polar surface area (TPSA) is 50.4 Å². The van der Waals surface area contributed by atoms with Crippen LogP contribution in [0, 0.1) is 6.92 Å². The van der Waals surface area contributed by atoms with Crippen LogP contribution in [0.5, 0.6) is 11.5 Å². The Kier molecular flexibility index (Phi) is 6.64. The maximum Gasteiger partial charge on any atom is 0.226 e. The van der Waals surface area contributed by atoms with Gasteiger partial charge in [0.1, 0.15) is 5.75 Å². The zero-order chi connectivity index (χ0) is 16.1. The van der Waals surface area contributed by atoms with Crippen molar-refractivity contribution in [3.05, 3.63) is 54.1 Å². The normalized spacial score (nSPS) is 16.3. The summed E-state index contributed by atoms with van der Waals surface area (Å²) in [5, 5.41) is 6.31. The van der Waals surface area contributed by atoms with Crippen LogP contribution in [0.15, 0.2) is 48.5 Å². The first-order valence-corrected chi connectivity index (χ1v) is 8.07. The highest BCUT2D eigenvalue weighted by molar-refractivity contribution is 5.92. The summed E-state index contributed by atoms with van der Waals surface area (Å²) in [6, 6.07) is 15.7. The summed E-state index contributed by atoms with van der Waals surface area (Å²) in [5.41, 5.74) is 1.84. The number of halogens is 1. The second kappa shape index (κ2) is 8.71. The Hall–Kier alpha value is -2.04. The van der Waals surface area contributed by atoms with Crippen LogP contribution < -0.4 is 15.4 Å². The molecule has 0 spiro atoms. The first-order chi connectivity index (χ1) is 11.2. The van der Waals surface area contributed by atoms with Crippen LogP contribution >= 0.6 is 12.4 Å². The first-order valence-electron chi connectivity index (χ1n) is 8.07. The maximum atomic E-state index is 12.2. The molecule has 0 aliphatic carbocycles. The third-order valence-electron chi connectivity index (χ3n) is 3.97. The fourth-order valence-electron chi connectivity index (χ4n) is 2.82. The average molecular weight is 347 g/mol. The molecule has 3 rings (SSSR count). The number of carbonyl (C=O) groups excluding carboxylic acids is 1. The van der Waals surface area contributed by atoms with Crippen LogP contribution in [0.25, 0.3) is 0 Å². The van der Waals surface area contributed by atoms with Crippen LogP contribution in [0.3, 0.4) is 0 Å². The van der Waals surface area contributed by atoms with Crippen LogP contribution in [0.1, 0.15) is 24.8 Å². The molecule has 5 heteroatoms.